The lowest BCUT2D eigenvalue weighted by molar-refractivity contribution is -0.122. The van der Waals surface area contributed by atoms with Gasteiger partial charge in [-0.25, -0.2) is 10.0 Å². The Hall–Kier alpha value is -4.00. The molecule has 7 nitrogen and oxygen atoms in total. The summed E-state index contributed by atoms with van der Waals surface area (Å²) in [5.74, 6) is -1.65. The topological polar surface area (TPSA) is 78.5 Å². The molecule has 5 rings (SSSR count). The molecule has 2 aromatic carbocycles. The zero-order chi connectivity index (χ0) is 22.2. The van der Waals surface area contributed by atoms with E-state index in [0.29, 0.717) is 28.6 Å². The Balaban J connectivity index is 1.54. The first-order chi connectivity index (χ1) is 15.6. The lowest BCUT2D eigenvalue weighted by atomic mass is 9.75. The summed E-state index contributed by atoms with van der Waals surface area (Å²) in [4.78, 5) is 27.2. The van der Waals surface area contributed by atoms with Gasteiger partial charge in [-0.15, -0.1) is 0 Å². The molecule has 0 aliphatic carbocycles. The molecule has 2 unspecified atom stereocenters. The summed E-state index contributed by atoms with van der Waals surface area (Å²) in [6, 6.07) is 22.1. The highest BCUT2D eigenvalue weighted by atomic mass is 16.3. The van der Waals surface area contributed by atoms with Gasteiger partial charge < -0.3 is 4.42 Å². The van der Waals surface area contributed by atoms with Crippen LogP contribution in [0.25, 0.3) is 0 Å². The molecule has 0 saturated carbocycles. The number of para-hydroxylation sites is 2. The number of furan rings is 1. The number of amides is 2. The molecule has 2 atom stereocenters. The lowest BCUT2D eigenvalue weighted by Gasteiger charge is -2.26. The van der Waals surface area contributed by atoms with E-state index in [1.165, 1.54) is 10.0 Å². The lowest BCUT2D eigenvalue weighted by Crippen LogP contribution is -2.40. The first-order valence-electron chi connectivity index (χ1n) is 10.5. The third-order valence-corrected chi connectivity index (χ3v) is 5.96. The molecular weight excluding hydrogens is 404 g/mol. The minimum absolute atomic E-state index is 0.186. The van der Waals surface area contributed by atoms with Gasteiger partial charge in [-0.05, 0) is 50.2 Å². The second kappa shape index (κ2) is 7.92. The largest absolute Gasteiger partial charge is 0.469 e. The summed E-state index contributed by atoms with van der Waals surface area (Å²) < 4.78 is 5.74. The van der Waals surface area contributed by atoms with Crippen molar-refractivity contribution in [1.29, 1.82) is 0 Å². The van der Waals surface area contributed by atoms with Gasteiger partial charge in [0, 0.05) is 11.4 Å². The summed E-state index contributed by atoms with van der Waals surface area (Å²) >= 11 is 0. The number of carbonyl (C=O) groups is 2. The zero-order valence-electron chi connectivity index (χ0n) is 17.8. The van der Waals surface area contributed by atoms with Gasteiger partial charge in [0.25, 0.3) is 11.8 Å². The number of hydrazone groups is 2. The van der Waals surface area contributed by atoms with Crippen molar-refractivity contribution in [2.75, 3.05) is 10.0 Å². The van der Waals surface area contributed by atoms with Gasteiger partial charge in [-0.2, -0.15) is 10.2 Å². The molecule has 0 spiro atoms. The van der Waals surface area contributed by atoms with Crippen LogP contribution >= 0.6 is 0 Å². The number of nitrogens with zero attached hydrogens (tertiary/aromatic N) is 4. The minimum atomic E-state index is -0.642. The van der Waals surface area contributed by atoms with Crippen LogP contribution in [0.4, 0.5) is 11.4 Å². The van der Waals surface area contributed by atoms with E-state index in [2.05, 4.69) is 10.2 Å². The van der Waals surface area contributed by atoms with Crippen molar-refractivity contribution < 1.29 is 14.0 Å². The normalized spacial score (nSPS) is 21.7. The molecule has 0 radical (unpaired) electrons. The fourth-order valence-electron chi connectivity index (χ4n) is 4.50. The van der Waals surface area contributed by atoms with Crippen LogP contribution in [0.1, 0.15) is 25.5 Å². The smallest absolute Gasteiger partial charge is 0.257 e. The van der Waals surface area contributed by atoms with E-state index in [1.807, 2.05) is 80.6 Å². The molecule has 3 heterocycles. The number of anilines is 2. The summed E-state index contributed by atoms with van der Waals surface area (Å²) in [6.07, 6.45) is 1.56. The van der Waals surface area contributed by atoms with Gasteiger partial charge in [0.15, 0.2) is 0 Å². The van der Waals surface area contributed by atoms with E-state index in [9.17, 15) is 9.59 Å². The van der Waals surface area contributed by atoms with Gasteiger partial charge in [-0.1, -0.05) is 36.4 Å². The van der Waals surface area contributed by atoms with Crippen LogP contribution in [0.2, 0.25) is 0 Å². The van der Waals surface area contributed by atoms with Gasteiger partial charge in [0.05, 0.1) is 35.4 Å². The molecule has 7 heteroatoms. The predicted octanol–water partition coefficient (Wildman–Crippen LogP) is 4.44. The number of hydrogen-bond donors (Lipinski definition) is 0. The monoisotopic (exact) mass is 426 g/mol. The summed E-state index contributed by atoms with van der Waals surface area (Å²) in [5.41, 5.74) is 2.65. The quantitative estimate of drug-likeness (QED) is 0.605. The fraction of sp³-hybridized carbons (Fsp3) is 0.200. The molecule has 160 valence electrons. The highest BCUT2D eigenvalue weighted by molar-refractivity contribution is 6.19. The van der Waals surface area contributed by atoms with E-state index in [0.717, 1.165) is 0 Å². The maximum absolute atomic E-state index is 13.6. The first-order valence-corrected chi connectivity index (χ1v) is 10.5. The van der Waals surface area contributed by atoms with Crippen LogP contribution < -0.4 is 10.0 Å². The summed E-state index contributed by atoms with van der Waals surface area (Å²) in [6.45, 7) is 3.64. The van der Waals surface area contributed by atoms with E-state index in [1.54, 1.807) is 12.3 Å². The van der Waals surface area contributed by atoms with Crippen molar-refractivity contribution in [3.05, 3.63) is 84.8 Å². The molecule has 2 aliphatic rings. The third kappa shape index (κ3) is 3.22. The summed E-state index contributed by atoms with van der Waals surface area (Å²) in [5, 5.41) is 11.9. The van der Waals surface area contributed by atoms with Crippen LogP contribution in [0, 0.1) is 11.8 Å². The highest BCUT2D eigenvalue weighted by Crippen LogP contribution is 2.42. The second-order valence-electron chi connectivity index (χ2n) is 7.95. The van der Waals surface area contributed by atoms with Crippen molar-refractivity contribution >= 4 is 34.6 Å². The Morgan fingerprint density at radius 3 is 1.59 bits per heavy atom. The van der Waals surface area contributed by atoms with Crippen molar-refractivity contribution in [3.63, 3.8) is 0 Å². The van der Waals surface area contributed by atoms with E-state index in [-0.39, 0.29) is 11.8 Å². The Morgan fingerprint density at radius 2 is 1.19 bits per heavy atom. The average molecular weight is 426 g/mol. The number of hydrogen-bond acceptors (Lipinski definition) is 5. The van der Waals surface area contributed by atoms with Crippen LogP contribution in [0.5, 0.6) is 0 Å². The second-order valence-corrected chi connectivity index (χ2v) is 7.95. The van der Waals surface area contributed by atoms with Crippen molar-refractivity contribution in [2.45, 2.75) is 19.8 Å². The SMILES string of the molecule is CC1=NN(c2ccccc2)C(=O)C1C(c1ccco1)C1C(=O)N(c2ccccc2)N=C1C. The van der Waals surface area contributed by atoms with Gasteiger partial charge in [-0.3, -0.25) is 9.59 Å². The maximum Gasteiger partial charge on any atom is 0.257 e. The molecule has 1 aromatic heterocycles. The van der Waals surface area contributed by atoms with Crippen LogP contribution in [-0.2, 0) is 9.59 Å². The van der Waals surface area contributed by atoms with E-state index in [4.69, 9.17) is 4.42 Å². The van der Waals surface area contributed by atoms with E-state index >= 15 is 0 Å². The Morgan fingerprint density at radius 1 is 0.719 bits per heavy atom. The Labute approximate surface area is 185 Å². The average Bonchev–Trinajstić information content (AvgIpc) is 3.52. The van der Waals surface area contributed by atoms with Crippen molar-refractivity contribution in [1.82, 2.24) is 0 Å². The molecule has 32 heavy (non-hydrogen) atoms. The van der Waals surface area contributed by atoms with Gasteiger partial charge in [0.2, 0.25) is 0 Å². The predicted molar refractivity (Wildman–Crippen MR) is 123 cm³/mol. The van der Waals surface area contributed by atoms with E-state index < -0.39 is 17.8 Å². The molecule has 0 bridgehead atoms. The molecular formula is C25H22N4O3. The summed E-state index contributed by atoms with van der Waals surface area (Å²) in [7, 11) is 0. The standard InChI is InChI=1S/C25H22N4O3/c1-16-21(24(30)28(26-16)18-10-5-3-6-11-18)23(20-14-9-15-32-20)22-17(2)27-29(25(22)31)19-12-7-4-8-13-19/h3-15,21-23H,1-2H3. The molecule has 2 amide bonds. The number of rotatable bonds is 5. The highest BCUT2D eigenvalue weighted by Gasteiger charge is 2.51. The molecule has 0 fully saturated rings. The minimum Gasteiger partial charge on any atom is -0.469 e. The van der Waals surface area contributed by atoms with Crippen LogP contribution in [0.15, 0.2) is 93.7 Å². The van der Waals surface area contributed by atoms with Crippen LogP contribution in [-0.4, -0.2) is 23.2 Å². The van der Waals surface area contributed by atoms with Gasteiger partial charge >= 0.3 is 0 Å². The number of carbonyl (C=O) groups excluding carboxylic acids is 2. The Kier molecular flexibility index (Phi) is 4.93. The Bertz CT molecular complexity index is 1120. The molecule has 2 aliphatic heterocycles. The van der Waals surface area contributed by atoms with Crippen molar-refractivity contribution in [3.8, 4) is 0 Å². The van der Waals surface area contributed by atoms with Gasteiger partial charge in [0.1, 0.15) is 5.76 Å². The molecule has 3 aromatic rings. The number of benzene rings is 2. The molecule has 0 saturated heterocycles. The third-order valence-electron chi connectivity index (χ3n) is 5.96. The fourth-order valence-corrected chi connectivity index (χ4v) is 4.50. The van der Waals surface area contributed by atoms with Crippen LogP contribution in [0.3, 0.4) is 0 Å². The maximum atomic E-state index is 13.6. The van der Waals surface area contributed by atoms with Crippen molar-refractivity contribution in [2.24, 2.45) is 22.0 Å². The zero-order valence-corrected chi connectivity index (χ0v) is 17.8. The molecule has 0 N–H and O–H groups in total. The first kappa shape index (κ1) is 19.9.